The van der Waals surface area contributed by atoms with Crippen molar-refractivity contribution in [2.24, 2.45) is 11.8 Å². The highest BCUT2D eigenvalue weighted by molar-refractivity contribution is 5.67. The molecule has 0 amide bonds. The van der Waals surface area contributed by atoms with E-state index in [0.717, 1.165) is 6.42 Å². The van der Waals surface area contributed by atoms with E-state index in [4.69, 9.17) is 10.4 Å². The average molecular weight is 276 g/mol. The van der Waals surface area contributed by atoms with Gasteiger partial charge in [-0.05, 0) is 31.2 Å². The third kappa shape index (κ3) is 5.65. The molecule has 0 radical (unpaired) electrons. The molecule has 0 spiro atoms. The van der Waals surface area contributed by atoms with Crippen molar-refractivity contribution in [2.45, 2.75) is 33.6 Å². The molecule has 0 aliphatic rings. The predicted octanol–water partition coefficient (Wildman–Crippen LogP) is 2.21. The van der Waals surface area contributed by atoms with Gasteiger partial charge in [0.1, 0.15) is 11.8 Å². The SMILES string of the molecule is Cc1cc(C#N)nc(NCC(CC(=O)O)CC(C)C)n1. The van der Waals surface area contributed by atoms with Crippen LogP contribution in [0.2, 0.25) is 0 Å². The van der Waals surface area contributed by atoms with Crippen LogP contribution in [0.25, 0.3) is 0 Å². The minimum Gasteiger partial charge on any atom is -0.481 e. The Labute approximate surface area is 118 Å². The summed E-state index contributed by atoms with van der Waals surface area (Å²) in [6.45, 7) is 6.40. The highest BCUT2D eigenvalue weighted by atomic mass is 16.4. The molecule has 0 saturated heterocycles. The first kappa shape index (κ1) is 15.9. The first-order valence-corrected chi connectivity index (χ1v) is 6.62. The van der Waals surface area contributed by atoms with E-state index in [-0.39, 0.29) is 12.3 Å². The van der Waals surface area contributed by atoms with Gasteiger partial charge in [0.2, 0.25) is 5.95 Å². The molecule has 1 unspecified atom stereocenters. The Balaban J connectivity index is 2.69. The number of anilines is 1. The smallest absolute Gasteiger partial charge is 0.303 e. The van der Waals surface area contributed by atoms with Crippen LogP contribution in [0, 0.1) is 30.1 Å². The van der Waals surface area contributed by atoms with Crippen molar-refractivity contribution in [2.75, 3.05) is 11.9 Å². The van der Waals surface area contributed by atoms with Crippen LogP contribution in [0.5, 0.6) is 0 Å². The van der Waals surface area contributed by atoms with Gasteiger partial charge in [0, 0.05) is 18.7 Å². The number of aryl methyl sites for hydroxylation is 1. The van der Waals surface area contributed by atoms with Crippen molar-refractivity contribution < 1.29 is 9.90 Å². The molecular formula is C14H20N4O2. The number of rotatable bonds is 7. The van der Waals surface area contributed by atoms with Crippen LogP contribution in [0.1, 0.15) is 38.1 Å². The van der Waals surface area contributed by atoms with E-state index in [2.05, 4.69) is 29.1 Å². The van der Waals surface area contributed by atoms with Gasteiger partial charge < -0.3 is 10.4 Å². The number of nitriles is 1. The molecule has 0 aliphatic heterocycles. The Kier molecular flexibility index (Phi) is 5.91. The summed E-state index contributed by atoms with van der Waals surface area (Å²) < 4.78 is 0. The molecule has 1 rings (SSSR count). The van der Waals surface area contributed by atoms with Crippen molar-refractivity contribution >= 4 is 11.9 Å². The topological polar surface area (TPSA) is 98.9 Å². The fourth-order valence-corrected chi connectivity index (χ4v) is 2.09. The van der Waals surface area contributed by atoms with E-state index in [1.54, 1.807) is 13.0 Å². The number of nitrogens with one attached hydrogen (secondary N) is 1. The molecule has 1 heterocycles. The van der Waals surface area contributed by atoms with Crippen LogP contribution in [-0.2, 0) is 4.79 Å². The van der Waals surface area contributed by atoms with Crippen LogP contribution in [0.15, 0.2) is 6.07 Å². The van der Waals surface area contributed by atoms with Crippen molar-refractivity contribution in [1.29, 1.82) is 5.26 Å². The second-order valence-electron chi connectivity index (χ2n) is 5.30. The summed E-state index contributed by atoms with van der Waals surface area (Å²) in [6, 6.07) is 3.58. The molecule has 0 aliphatic carbocycles. The Morgan fingerprint density at radius 3 is 2.75 bits per heavy atom. The first-order valence-electron chi connectivity index (χ1n) is 6.62. The maximum absolute atomic E-state index is 10.9. The van der Waals surface area contributed by atoms with Gasteiger partial charge in [0.25, 0.3) is 0 Å². The highest BCUT2D eigenvalue weighted by Crippen LogP contribution is 2.16. The summed E-state index contributed by atoms with van der Waals surface area (Å²) in [5.41, 5.74) is 1.01. The zero-order chi connectivity index (χ0) is 15.1. The van der Waals surface area contributed by atoms with Crippen molar-refractivity contribution in [1.82, 2.24) is 9.97 Å². The van der Waals surface area contributed by atoms with Gasteiger partial charge in [-0.15, -0.1) is 0 Å². The molecule has 6 nitrogen and oxygen atoms in total. The number of aliphatic carboxylic acids is 1. The zero-order valence-electron chi connectivity index (χ0n) is 12.1. The minimum atomic E-state index is -0.805. The van der Waals surface area contributed by atoms with E-state index in [1.165, 1.54) is 0 Å². The molecule has 108 valence electrons. The molecule has 1 aromatic heterocycles. The Bertz CT molecular complexity index is 508. The zero-order valence-corrected chi connectivity index (χ0v) is 12.1. The molecule has 0 saturated carbocycles. The lowest BCUT2D eigenvalue weighted by molar-refractivity contribution is -0.138. The number of aromatic nitrogens is 2. The third-order valence-electron chi connectivity index (χ3n) is 2.79. The first-order chi connectivity index (χ1) is 9.40. The summed E-state index contributed by atoms with van der Waals surface area (Å²) in [4.78, 5) is 19.1. The van der Waals surface area contributed by atoms with Crippen LogP contribution in [0.4, 0.5) is 5.95 Å². The van der Waals surface area contributed by atoms with E-state index < -0.39 is 5.97 Å². The number of hydrogen-bond acceptors (Lipinski definition) is 5. The Morgan fingerprint density at radius 1 is 1.50 bits per heavy atom. The largest absolute Gasteiger partial charge is 0.481 e. The average Bonchev–Trinajstić information content (AvgIpc) is 2.34. The van der Waals surface area contributed by atoms with Crippen LogP contribution in [0.3, 0.4) is 0 Å². The molecule has 1 atom stereocenters. The van der Waals surface area contributed by atoms with Gasteiger partial charge in [-0.25, -0.2) is 9.97 Å². The summed E-state index contributed by atoms with van der Waals surface area (Å²) in [6.07, 6.45) is 0.929. The second-order valence-corrected chi connectivity index (χ2v) is 5.30. The van der Waals surface area contributed by atoms with Crippen molar-refractivity contribution in [3.63, 3.8) is 0 Å². The maximum Gasteiger partial charge on any atom is 0.303 e. The number of carboxylic acid groups (broad SMARTS) is 1. The fourth-order valence-electron chi connectivity index (χ4n) is 2.09. The summed E-state index contributed by atoms with van der Waals surface area (Å²) in [5.74, 6) is 0.0115. The lowest BCUT2D eigenvalue weighted by Crippen LogP contribution is -2.21. The van der Waals surface area contributed by atoms with Gasteiger partial charge in [0.15, 0.2) is 0 Å². The molecule has 1 aromatic rings. The van der Waals surface area contributed by atoms with E-state index in [9.17, 15) is 4.79 Å². The maximum atomic E-state index is 10.9. The van der Waals surface area contributed by atoms with Crippen LogP contribution >= 0.6 is 0 Å². The van der Waals surface area contributed by atoms with E-state index in [0.29, 0.717) is 29.8 Å². The lowest BCUT2D eigenvalue weighted by atomic mass is 9.94. The quantitative estimate of drug-likeness (QED) is 0.792. The third-order valence-corrected chi connectivity index (χ3v) is 2.79. The van der Waals surface area contributed by atoms with E-state index >= 15 is 0 Å². The van der Waals surface area contributed by atoms with Gasteiger partial charge in [0.05, 0.1) is 0 Å². The Hall–Kier alpha value is -2.16. The van der Waals surface area contributed by atoms with E-state index in [1.807, 2.05) is 6.07 Å². The number of hydrogen-bond donors (Lipinski definition) is 2. The van der Waals surface area contributed by atoms with Gasteiger partial charge >= 0.3 is 5.97 Å². The van der Waals surface area contributed by atoms with Gasteiger partial charge in [-0.1, -0.05) is 13.8 Å². The molecule has 0 bridgehead atoms. The number of carboxylic acids is 1. The molecular weight excluding hydrogens is 256 g/mol. The van der Waals surface area contributed by atoms with Crippen LogP contribution < -0.4 is 5.32 Å². The van der Waals surface area contributed by atoms with Crippen LogP contribution in [-0.4, -0.2) is 27.6 Å². The monoisotopic (exact) mass is 276 g/mol. The Morgan fingerprint density at radius 2 is 2.20 bits per heavy atom. The van der Waals surface area contributed by atoms with Crippen molar-refractivity contribution in [3.8, 4) is 6.07 Å². The predicted molar refractivity (Wildman–Crippen MR) is 75.2 cm³/mol. The fraction of sp³-hybridized carbons (Fsp3) is 0.571. The molecule has 0 aromatic carbocycles. The molecule has 0 fully saturated rings. The lowest BCUT2D eigenvalue weighted by Gasteiger charge is -2.17. The standard InChI is InChI=1S/C14H20N4O2/c1-9(2)4-11(6-13(19)20)8-16-14-17-10(3)5-12(7-15)18-14/h5,9,11H,4,6,8H2,1-3H3,(H,19,20)(H,16,17,18). The minimum absolute atomic E-state index is 0.0159. The second kappa shape index (κ2) is 7.43. The van der Waals surface area contributed by atoms with Gasteiger partial charge in [-0.3, -0.25) is 4.79 Å². The molecule has 6 heteroatoms. The van der Waals surface area contributed by atoms with Gasteiger partial charge in [-0.2, -0.15) is 5.26 Å². The highest BCUT2D eigenvalue weighted by Gasteiger charge is 2.15. The summed E-state index contributed by atoms with van der Waals surface area (Å²) >= 11 is 0. The molecule has 2 N–H and O–H groups in total. The number of nitrogens with zero attached hydrogens (tertiary/aromatic N) is 3. The summed E-state index contributed by atoms with van der Waals surface area (Å²) in [7, 11) is 0. The van der Waals surface area contributed by atoms with Crippen molar-refractivity contribution in [3.05, 3.63) is 17.5 Å². The number of carbonyl (C=O) groups is 1. The summed E-state index contributed by atoms with van der Waals surface area (Å²) in [5, 5.41) is 20.8. The normalized spacial score (nSPS) is 11.9. The molecule has 20 heavy (non-hydrogen) atoms.